The maximum Gasteiger partial charge on any atom is 0.289 e. The van der Waals surface area contributed by atoms with Gasteiger partial charge in [0.15, 0.2) is 0 Å². The van der Waals surface area contributed by atoms with E-state index < -0.39 is 4.92 Å². The van der Waals surface area contributed by atoms with Gasteiger partial charge in [0.1, 0.15) is 17.8 Å². The molecule has 1 saturated heterocycles. The molecule has 2 rings (SSSR count). The average Bonchev–Trinajstić information content (AvgIpc) is 2.38. The summed E-state index contributed by atoms with van der Waals surface area (Å²) < 4.78 is 5.48. The Labute approximate surface area is 109 Å². The molecule has 0 saturated carbocycles. The molecule has 1 unspecified atom stereocenters. The van der Waals surface area contributed by atoms with Crippen LogP contribution >= 0.6 is 11.6 Å². The second kappa shape index (κ2) is 5.97. The van der Waals surface area contributed by atoms with E-state index in [-0.39, 0.29) is 16.6 Å². The number of pyridine rings is 1. The molecule has 0 bridgehead atoms. The fourth-order valence-electron chi connectivity index (χ4n) is 1.87. The fraction of sp³-hybridized carbons (Fsp3) is 0.545. The van der Waals surface area contributed by atoms with Crippen molar-refractivity contribution >= 4 is 17.3 Å². The molecule has 6 nitrogen and oxygen atoms in total. The van der Waals surface area contributed by atoms with Crippen LogP contribution in [-0.2, 0) is 0 Å². The second-order valence-corrected chi connectivity index (χ2v) is 4.60. The Balaban J connectivity index is 1.94. The van der Waals surface area contributed by atoms with Crippen molar-refractivity contribution in [2.75, 3.05) is 13.2 Å². The third-order valence-electron chi connectivity index (χ3n) is 2.84. The summed E-state index contributed by atoms with van der Waals surface area (Å²) in [5.74, 6) is 0.245. The Bertz CT molecular complexity index is 436. The normalized spacial score (nSPS) is 19.5. The molecule has 0 spiro atoms. The third kappa shape index (κ3) is 3.30. The van der Waals surface area contributed by atoms with E-state index in [1.807, 2.05) is 0 Å². The zero-order valence-corrected chi connectivity index (χ0v) is 10.5. The lowest BCUT2D eigenvalue weighted by molar-refractivity contribution is -0.385. The van der Waals surface area contributed by atoms with Gasteiger partial charge in [0, 0.05) is 12.1 Å². The van der Waals surface area contributed by atoms with Crippen molar-refractivity contribution in [3.05, 3.63) is 27.4 Å². The van der Waals surface area contributed by atoms with Crippen LogP contribution in [0.25, 0.3) is 0 Å². The number of rotatable bonds is 4. The van der Waals surface area contributed by atoms with E-state index in [4.69, 9.17) is 16.3 Å². The lowest BCUT2D eigenvalue weighted by atomic mass is 10.1. The molecule has 1 aromatic heterocycles. The van der Waals surface area contributed by atoms with Crippen molar-refractivity contribution in [3.8, 4) is 5.88 Å². The summed E-state index contributed by atoms with van der Waals surface area (Å²) in [4.78, 5) is 13.8. The summed E-state index contributed by atoms with van der Waals surface area (Å²) in [5, 5.41) is 14.0. The van der Waals surface area contributed by atoms with Crippen molar-refractivity contribution in [2.45, 2.75) is 25.3 Å². The monoisotopic (exact) mass is 271 g/mol. The summed E-state index contributed by atoms with van der Waals surface area (Å²) in [6.45, 7) is 1.47. The highest BCUT2D eigenvalue weighted by Gasteiger charge is 2.16. The van der Waals surface area contributed by atoms with Gasteiger partial charge >= 0.3 is 0 Å². The van der Waals surface area contributed by atoms with Crippen LogP contribution in [0.2, 0.25) is 5.02 Å². The molecule has 2 heterocycles. The number of halogens is 1. The number of aromatic nitrogens is 1. The molecular weight excluding hydrogens is 258 g/mol. The van der Waals surface area contributed by atoms with Crippen LogP contribution in [0.3, 0.4) is 0 Å². The average molecular weight is 272 g/mol. The molecule has 98 valence electrons. The highest BCUT2D eigenvalue weighted by molar-refractivity contribution is 6.32. The van der Waals surface area contributed by atoms with E-state index in [1.165, 1.54) is 18.9 Å². The molecule has 1 fully saturated rings. The fourth-order valence-corrected chi connectivity index (χ4v) is 2.08. The summed E-state index contributed by atoms with van der Waals surface area (Å²) in [6.07, 6.45) is 4.58. The minimum Gasteiger partial charge on any atom is -0.475 e. The standard InChI is InChI=1S/C11H14ClN3O3/c12-10-5-9(15(16)17)6-14-11(10)18-7-8-3-1-2-4-13-8/h5-6,8,13H,1-4,7H2. The van der Waals surface area contributed by atoms with Crippen molar-refractivity contribution < 1.29 is 9.66 Å². The summed E-state index contributed by atoms with van der Waals surface area (Å²) in [6, 6.07) is 1.55. The molecule has 1 aromatic rings. The van der Waals surface area contributed by atoms with Gasteiger partial charge in [-0.1, -0.05) is 18.0 Å². The van der Waals surface area contributed by atoms with Gasteiger partial charge in [-0.15, -0.1) is 0 Å². The number of hydrogen-bond acceptors (Lipinski definition) is 5. The first-order valence-electron chi connectivity index (χ1n) is 5.83. The predicted octanol–water partition coefficient (Wildman–Crippen LogP) is 2.16. The number of hydrogen-bond donors (Lipinski definition) is 1. The van der Waals surface area contributed by atoms with Crippen molar-refractivity contribution in [2.24, 2.45) is 0 Å². The molecule has 1 N–H and O–H groups in total. The van der Waals surface area contributed by atoms with E-state index in [2.05, 4.69) is 10.3 Å². The van der Waals surface area contributed by atoms with Crippen LogP contribution in [0.4, 0.5) is 5.69 Å². The Morgan fingerprint density at radius 1 is 1.61 bits per heavy atom. The molecule has 1 aliphatic heterocycles. The van der Waals surface area contributed by atoms with Crippen LogP contribution in [0.5, 0.6) is 5.88 Å². The molecule has 0 aliphatic carbocycles. The first-order valence-corrected chi connectivity index (χ1v) is 6.21. The van der Waals surface area contributed by atoms with Crippen molar-refractivity contribution in [1.29, 1.82) is 0 Å². The molecule has 0 aromatic carbocycles. The topological polar surface area (TPSA) is 77.3 Å². The smallest absolute Gasteiger partial charge is 0.289 e. The van der Waals surface area contributed by atoms with E-state index in [0.29, 0.717) is 12.6 Å². The minimum atomic E-state index is -0.536. The minimum absolute atomic E-state index is 0.136. The molecule has 7 heteroatoms. The molecular formula is C11H14ClN3O3. The molecule has 18 heavy (non-hydrogen) atoms. The zero-order valence-electron chi connectivity index (χ0n) is 9.76. The molecule has 0 radical (unpaired) electrons. The third-order valence-corrected chi connectivity index (χ3v) is 3.11. The number of nitrogens with zero attached hydrogens (tertiary/aromatic N) is 2. The molecule has 1 aliphatic rings. The Morgan fingerprint density at radius 3 is 3.06 bits per heavy atom. The highest BCUT2D eigenvalue weighted by Crippen LogP contribution is 2.26. The first-order chi connectivity index (χ1) is 8.66. The van der Waals surface area contributed by atoms with Gasteiger partial charge in [-0.05, 0) is 19.4 Å². The van der Waals surface area contributed by atoms with Crippen LogP contribution in [0.1, 0.15) is 19.3 Å². The van der Waals surface area contributed by atoms with E-state index >= 15 is 0 Å². The maximum absolute atomic E-state index is 10.5. The van der Waals surface area contributed by atoms with Crippen molar-refractivity contribution in [1.82, 2.24) is 10.3 Å². The van der Waals surface area contributed by atoms with Gasteiger partial charge in [0.25, 0.3) is 5.69 Å². The number of nitrogens with one attached hydrogen (secondary N) is 1. The SMILES string of the molecule is O=[N+]([O-])c1cnc(OCC2CCCCN2)c(Cl)c1. The van der Waals surface area contributed by atoms with Crippen LogP contribution in [0, 0.1) is 10.1 Å². The van der Waals surface area contributed by atoms with Gasteiger partial charge in [-0.2, -0.15) is 0 Å². The Morgan fingerprint density at radius 2 is 2.44 bits per heavy atom. The largest absolute Gasteiger partial charge is 0.475 e. The zero-order chi connectivity index (χ0) is 13.0. The Hall–Kier alpha value is -1.40. The van der Waals surface area contributed by atoms with Crippen LogP contribution in [0.15, 0.2) is 12.3 Å². The summed E-state index contributed by atoms with van der Waals surface area (Å²) in [7, 11) is 0. The predicted molar refractivity (Wildman–Crippen MR) is 67.0 cm³/mol. The first kappa shape index (κ1) is 13.0. The van der Waals surface area contributed by atoms with Crippen LogP contribution in [-0.4, -0.2) is 29.1 Å². The van der Waals surface area contributed by atoms with E-state index in [0.717, 1.165) is 19.2 Å². The van der Waals surface area contributed by atoms with Crippen molar-refractivity contribution in [3.63, 3.8) is 0 Å². The number of ether oxygens (including phenoxy) is 1. The van der Waals surface area contributed by atoms with Crippen LogP contribution < -0.4 is 10.1 Å². The molecule has 1 atom stereocenters. The van der Waals surface area contributed by atoms with Gasteiger partial charge in [0.05, 0.1) is 4.92 Å². The van der Waals surface area contributed by atoms with Gasteiger partial charge in [0.2, 0.25) is 5.88 Å². The number of nitro groups is 1. The Kier molecular flexibility index (Phi) is 4.33. The second-order valence-electron chi connectivity index (χ2n) is 4.20. The lowest BCUT2D eigenvalue weighted by Crippen LogP contribution is -2.38. The number of piperidine rings is 1. The summed E-state index contributed by atoms with van der Waals surface area (Å²) >= 11 is 5.88. The quantitative estimate of drug-likeness (QED) is 0.671. The van der Waals surface area contributed by atoms with E-state index in [1.54, 1.807) is 0 Å². The van der Waals surface area contributed by atoms with Gasteiger partial charge in [-0.25, -0.2) is 4.98 Å². The van der Waals surface area contributed by atoms with Gasteiger partial charge < -0.3 is 10.1 Å². The lowest BCUT2D eigenvalue weighted by Gasteiger charge is -2.23. The highest BCUT2D eigenvalue weighted by atomic mass is 35.5. The van der Waals surface area contributed by atoms with Gasteiger partial charge in [-0.3, -0.25) is 10.1 Å². The summed E-state index contributed by atoms with van der Waals surface area (Å²) in [5.41, 5.74) is -0.136. The van der Waals surface area contributed by atoms with E-state index in [9.17, 15) is 10.1 Å². The molecule has 0 amide bonds. The maximum atomic E-state index is 10.5.